The lowest BCUT2D eigenvalue weighted by atomic mass is 10.1. The number of fused-ring (bicyclic) bond motifs is 1. The summed E-state index contributed by atoms with van der Waals surface area (Å²) in [6, 6.07) is 21.3. The molecule has 1 amide bonds. The number of hydrogen-bond acceptors (Lipinski definition) is 4. The van der Waals surface area contributed by atoms with Crippen LogP contribution in [0.5, 0.6) is 0 Å². The first-order valence-corrected chi connectivity index (χ1v) is 10.9. The third-order valence-electron chi connectivity index (χ3n) is 4.65. The van der Waals surface area contributed by atoms with Gasteiger partial charge in [0.15, 0.2) is 5.82 Å². The predicted octanol–water partition coefficient (Wildman–Crippen LogP) is 6.30. The first-order chi connectivity index (χ1) is 14.5. The molecule has 3 aromatic carbocycles. The molecule has 4 nitrogen and oxygen atoms in total. The standard InChI is InChI=1S/C24H20ClN3OS/c1-15-8-10-20(16(2)12-15)26-22(29)14-30-24-19-13-18(25)9-11-21(19)27-23(28-24)17-6-4-3-5-7-17/h3-13H,14H2,1-2H3,(H,26,29). The quantitative estimate of drug-likeness (QED) is 0.296. The van der Waals surface area contributed by atoms with E-state index in [0.717, 1.165) is 38.3 Å². The van der Waals surface area contributed by atoms with Gasteiger partial charge in [-0.15, -0.1) is 0 Å². The molecule has 0 saturated heterocycles. The van der Waals surface area contributed by atoms with E-state index in [4.69, 9.17) is 16.6 Å². The highest BCUT2D eigenvalue weighted by molar-refractivity contribution is 8.00. The number of amides is 1. The minimum atomic E-state index is -0.0815. The van der Waals surface area contributed by atoms with E-state index in [2.05, 4.69) is 16.4 Å². The van der Waals surface area contributed by atoms with Gasteiger partial charge in [-0.2, -0.15) is 0 Å². The fourth-order valence-corrected chi connectivity index (χ4v) is 4.16. The summed E-state index contributed by atoms with van der Waals surface area (Å²) < 4.78 is 0. The number of aromatic nitrogens is 2. The minimum Gasteiger partial charge on any atom is -0.325 e. The topological polar surface area (TPSA) is 54.9 Å². The van der Waals surface area contributed by atoms with Crippen LogP contribution in [0.15, 0.2) is 71.8 Å². The van der Waals surface area contributed by atoms with Gasteiger partial charge in [0, 0.05) is 21.7 Å². The van der Waals surface area contributed by atoms with Gasteiger partial charge in [0.1, 0.15) is 5.03 Å². The maximum Gasteiger partial charge on any atom is 0.234 e. The number of nitrogens with one attached hydrogen (secondary N) is 1. The van der Waals surface area contributed by atoms with Gasteiger partial charge in [-0.1, -0.05) is 71.4 Å². The summed E-state index contributed by atoms with van der Waals surface area (Å²) in [5, 5.41) is 5.17. The van der Waals surface area contributed by atoms with E-state index in [1.807, 2.05) is 74.5 Å². The van der Waals surface area contributed by atoms with Crippen LogP contribution in [0.1, 0.15) is 11.1 Å². The van der Waals surface area contributed by atoms with Crippen LogP contribution >= 0.6 is 23.4 Å². The lowest BCUT2D eigenvalue weighted by Gasteiger charge is -2.11. The number of anilines is 1. The van der Waals surface area contributed by atoms with Crippen molar-refractivity contribution < 1.29 is 4.79 Å². The third kappa shape index (κ3) is 4.64. The predicted molar refractivity (Wildman–Crippen MR) is 125 cm³/mol. The maximum absolute atomic E-state index is 12.6. The molecule has 6 heteroatoms. The van der Waals surface area contributed by atoms with Gasteiger partial charge < -0.3 is 5.32 Å². The fraction of sp³-hybridized carbons (Fsp3) is 0.125. The first-order valence-electron chi connectivity index (χ1n) is 9.52. The summed E-state index contributed by atoms with van der Waals surface area (Å²) in [6.07, 6.45) is 0. The Bertz CT molecular complexity index is 1230. The molecular formula is C24H20ClN3OS. The molecule has 1 N–H and O–H groups in total. The normalized spacial score (nSPS) is 10.9. The number of thioether (sulfide) groups is 1. The van der Waals surface area contributed by atoms with E-state index in [9.17, 15) is 4.79 Å². The van der Waals surface area contributed by atoms with Crippen molar-refractivity contribution in [1.29, 1.82) is 0 Å². The van der Waals surface area contributed by atoms with Gasteiger partial charge in [0.05, 0.1) is 11.3 Å². The second-order valence-corrected chi connectivity index (χ2v) is 8.44. The smallest absolute Gasteiger partial charge is 0.234 e. The highest BCUT2D eigenvalue weighted by Gasteiger charge is 2.13. The number of rotatable bonds is 5. The molecule has 0 spiro atoms. The molecule has 0 saturated carbocycles. The summed E-state index contributed by atoms with van der Waals surface area (Å²) in [4.78, 5) is 22.0. The lowest BCUT2D eigenvalue weighted by Crippen LogP contribution is -2.15. The van der Waals surface area contributed by atoms with Crippen molar-refractivity contribution in [3.8, 4) is 11.4 Å². The van der Waals surface area contributed by atoms with E-state index < -0.39 is 0 Å². The second-order valence-electron chi connectivity index (χ2n) is 7.04. The van der Waals surface area contributed by atoms with Crippen molar-refractivity contribution in [2.24, 2.45) is 0 Å². The Labute approximate surface area is 184 Å². The van der Waals surface area contributed by atoms with Crippen LogP contribution in [0, 0.1) is 13.8 Å². The average Bonchev–Trinajstić information content (AvgIpc) is 2.74. The Hall–Kier alpha value is -2.89. The molecule has 150 valence electrons. The van der Waals surface area contributed by atoms with E-state index >= 15 is 0 Å². The van der Waals surface area contributed by atoms with Crippen LogP contribution in [0.3, 0.4) is 0 Å². The molecule has 0 aliphatic heterocycles. The Morgan fingerprint density at radius 3 is 2.57 bits per heavy atom. The molecule has 0 atom stereocenters. The second kappa shape index (κ2) is 8.86. The Kier molecular flexibility index (Phi) is 6.02. The van der Waals surface area contributed by atoms with Crippen LogP contribution in [-0.2, 0) is 4.79 Å². The minimum absolute atomic E-state index is 0.0815. The van der Waals surface area contributed by atoms with Gasteiger partial charge >= 0.3 is 0 Å². The Morgan fingerprint density at radius 1 is 1.00 bits per heavy atom. The Balaban J connectivity index is 1.60. The van der Waals surface area contributed by atoms with E-state index in [1.165, 1.54) is 11.8 Å². The summed E-state index contributed by atoms with van der Waals surface area (Å²) in [7, 11) is 0. The summed E-state index contributed by atoms with van der Waals surface area (Å²) in [6.45, 7) is 4.02. The highest BCUT2D eigenvalue weighted by atomic mass is 35.5. The van der Waals surface area contributed by atoms with E-state index in [-0.39, 0.29) is 11.7 Å². The monoisotopic (exact) mass is 433 g/mol. The van der Waals surface area contributed by atoms with Crippen molar-refractivity contribution in [2.45, 2.75) is 18.9 Å². The van der Waals surface area contributed by atoms with Gasteiger partial charge in [-0.05, 0) is 43.7 Å². The van der Waals surface area contributed by atoms with Crippen molar-refractivity contribution >= 4 is 45.9 Å². The molecule has 0 fully saturated rings. The number of aryl methyl sites for hydroxylation is 2. The number of nitrogens with zero attached hydrogens (tertiary/aromatic N) is 2. The molecule has 0 unspecified atom stereocenters. The molecular weight excluding hydrogens is 414 g/mol. The molecule has 0 radical (unpaired) electrons. The van der Waals surface area contributed by atoms with E-state index in [0.29, 0.717) is 10.8 Å². The largest absolute Gasteiger partial charge is 0.325 e. The summed E-state index contributed by atoms with van der Waals surface area (Å²) >= 11 is 7.59. The van der Waals surface area contributed by atoms with Crippen molar-refractivity contribution in [2.75, 3.05) is 11.1 Å². The van der Waals surface area contributed by atoms with Gasteiger partial charge in [0.2, 0.25) is 5.91 Å². The number of halogens is 1. The number of carbonyl (C=O) groups is 1. The molecule has 1 heterocycles. The average molecular weight is 434 g/mol. The molecule has 4 rings (SSSR count). The van der Waals surface area contributed by atoms with Crippen molar-refractivity contribution in [1.82, 2.24) is 9.97 Å². The van der Waals surface area contributed by atoms with Gasteiger partial charge in [-0.25, -0.2) is 9.97 Å². The number of hydrogen-bond donors (Lipinski definition) is 1. The number of carbonyl (C=O) groups excluding carboxylic acids is 1. The fourth-order valence-electron chi connectivity index (χ4n) is 3.17. The van der Waals surface area contributed by atoms with Crippen LogP contribution in [0.4, 0.5) is 5.69 Å². The van der Waals surface area contributed by atoms with Crippen LogP contribution < -0.4 is 5.32 Å². The molecule has 4 aromatic rings. The zero-order valence-electron chi connectivity index (χ0n) is 16.6. The molecule has 30 heavy (non-hydrogen) atoms. The van der Waals surface area contributed by atoms with E-state index in [1.54, 1.807) is 0 Å². The number of benzene rings is 3. The lowest BCUT2D eigenvalue weighted by molar-refractivity contribution is -0.113. The summed E-state index contributed by atoms with van der Waals surface area (Å²) in [5.74, 6) is 0.782. The highest BCUT2D eigenvalue weighted by Crippen LogP contribution is 2.30. The Morgan fingerprint density at radius 2 is 1.80 bits per heavy atom. The molecule has 0 aliphatic rings. The molecule has 0 bridgehead atoms. The van der Waals surface area contributed by atoms with Gasteiger partial charge in [0.25, 0.3) is 0 Å². The van der Waals surface area contributed by atoms with Crippen LogP contribution in [0.2, 0.25) is 5.02 Å². The van der Waals surface area contributed by atoms with Gasteiger partial charge in [-0.3, -0.25) is 4.79 Å². The first kappa shape index (κ1) is 20.4. The zero-order valence-corrected chi connectivity index (χ0v) is 18.2. The maximum atomic E-state index is 12.6. The van der Waals surface area contributed by atoms with Crippen LogP contribution in [-0.4, -0.2) is 21.6 Å². The third-order valence-corrected chi connectivity index (χ3v) is 5.88. The van der Waals surface area contributed by atoms with Crippen molar-refractivity contribution in [3.05, 3.63) is 82.9 Å². The molecule has 0 aliphatic carbocycles. The van der Waals surface area contributed by atoms with Crippen LogP contribution in [0.25, 0.3) is 22.3 Å². The van der Waals surface area contributed by atoms with Crippen molar-refractivity contribution in [3.63, 3.8) is 0 Å². The SMILES string of the molecule is Cc1ccc(NC(=O)CSc2nc(-c3ccccc3)nc3ccc(Cl)cc23)c(C)c1. The summed E-state index contributed by atoms with van der Waals surface area (Å²) in [5.41, 5.74) is 4.75. The zero-order chi connectivity index (χ0) is 21.1. The molecule has 1 aromatic heterocycles.